The molecule has 20 heavy (non-hydrogen) atoms. The van der Waals surface area contributed by atoms with E-state index in [-0.39, 0.29) is 5.91 Å². The molecule has 4 nitrogen and oxygen atoms in total. The SMILES string of the molecule is C/C=C/CCNC(=O)c1ccc(OCC)c(OCC)c1. The van der Waals surface area contributed by atoms with Crippen LogP contribution in [0.4, 0.5) is 0 Å². The van der Waals surface area contributed by atoms with E-state index in [1.165, 1.54) is 0 Å². The highest BCUT2D eigenvalue weighted by atomic mass is 16.5. The van der Waals surface area contributed by atoms with E-state index >= 15 is 0 Å². The molecule has 0 aliphatic carbocycles. The first-order valence-electron chi connectivity index (χ1n) is 7.01. The summed E-state index contributed by atoms with van der Waals surface area (Å²) in [4.78, 5) is 12.0. The highest BCUT2D eigenvalue weighted by Crippen LogP contribution is 2.28. The number of rotatable bonds is 8. The molecule has 0 fully saturated rings. The molecule has 110 valence electrons. The van der Waals surface area contributed by atoms with Gasteiger partial charge in [0.25, 0.3) is 5.91 Å². The van der Waals surface area contributed by atoms with E-state index in [9.17, 15) is 4.79 Å². The Labute approximate surface area is 120 Å². The number of hydrogen-bond acceptors (Lipinski definition) is 3. The van der Waals surface area contributed by atoms with E-state index < -0.39 is 0 Å². The lowest BCUT2D eigenvalue weighted by atomic mass is 10.2. The van der Waals surface area contributed by atoms with Gasteiger partial charge in [-0.15, -0.1) is 0 Å². The molecule has 0 unspecified atom stereocenters. The molecule has 1 rings (SSSR count). The standard InChI is InChI=1S/C16H23NO3/c1-4-7-8-11-17-16(18)13-9-10-14(19-5-2)15(12-13)20-6-3/h4,7,9-10,12H,5-6,8,11H2,1-3H3,(H,17,18)/b7-4+. The highest BCUT2D eigenvalue weighted by Gasteiger charge is 2.10. The van der Waals surface area contributed by atoms with Gasteiger partial charge in [-0.2, -0.15) is 0 Å². The number of carbonyl (C=O) groups excluding carboxylic acids is 1. The number of ether oxygens (including phenoxy) is 2. The molecular formula is C16H23NO3. The van der Waals surface area contributed by atoms with Crippen molar-refractivity contribution in [2.24, 2.45) is 0 Å². The molecule has 0 aromatic heterocycles. The molecule has 0 aliphatic rings. The van der Waals surface area contributed by atoms with Crippen LogP contribution >= 0.6 is 0 Å². The van der Waals surface area contributed by atoms with E-state index in [1.54, 1.807) is 18.2 Å². The van der Waals surface area contributed by atoms with Gasteiger partial charge in [-0.1, -0.05) is 12.2 Å². The first-order chi connectivity index (χ1) is 9.72. The average molecular weight is 277 g/mol. The highest BCUT2D eigenvalue weighted by molar-refractivity contribution is 5.94. The van der Waals surface area contributed by atoms with E-state index in [4.69, 9.17) is 9.47 Å². The van der Waals surface area contributed by atoms with Crippen LogP contribution in [0.2, 0.25) is 0 Å². The third-order valence-electron chi connectivity index (χ3n) is 2.64. The van der Waals surface area contributed by atoms with Crippen LogP contribution in [0.3, 0.4) is 0 Å². The molecule has 1 N–H and O–H groups in total. The topological polar surface area (TPSA) is 47.6 Å². The Hall–Kier alpha value is -1.97. The van der Waals surface area contributed by atoms with Gasteiger partial charge in [-0.3, -0.25) is 4.79 Å². The molecule has 0 saturated heterocycles. The Bertz CT molecular complexity index is 455. The van der Waals surface area contributed by atoms with Crippen LogP contribution in [-0.2, 0) is 0 Å². The second-order valence-corrected chi connectivity index (χ2v) is 4.14. The molecule has 1 aromatic rings. The summed E-state index contributed by atoms with van der Waals surface area (Å²) in [5.41, 5.74) is 0.581. The lowest BCUT2D eigenvalue weighted by Gasteiger charge is -2.12. The molecule has 0 spiro atoms. The number of carbonyl (C=O) groups is 1. The fourth-order valence-corrected chi connectivity index (χ4v) is 1.73. The van der Waals surface area contributed by atoms with E-state index in [0.717, 1.165) is 6.42 Å². The Kier molecular flexibility index (Phi) is 7.25. The number of nitrogens with one attached hydrogen (secondary N) is 1. The maximum absolute atomic E-state index is 12.0. The number of benzene rings is 1. The lowest BCUT2D eigenvalue weighted by molar-refractivity contribution is 0.0954. The van der Waals surface area contributed by atoms with Crippen LogP contribution in [0.25, 0.3) is 0 Å². The Morgan fingerprint density at radius 2 is 1.90 bits per heavy atom. The molecule has 0 atom stereocenters. The number of amides is 1. The van der Waals surface area contributed by atoms with Crippen molar-refractivity contribution in [1.82, 2.24) is 5.32 Å². The second kappa shape index (κ2) is 9.02. The summed E-state index contributed by atoms with van der Waals surface area (Å²) in [7, 11) is 0. The van der Waals surface area contributed by atoms with E-state index in [0.29, 0.717) is 36.8 Å². The van der Waals surface area contributed by atoms with Gasteiger partial charge in [0.2, 0.25) is 0 Å². The van der Waals surface area contributed by atoms with Crippen LogP contribution in [-0.4, -0.2) is 25.7 Å². The van der Waals surface area contributed by atoms with Gasteiger partial charge < -0.3 is 14.8 Å². The van der Waals surface area contributed by atoms with Crippen molar-refractivity contribution < 1.29 is 14.3 Å². The van der Waals surface area contributed by atoms with Crippen molar-refractivity contribution in [3.63, 3.8) is 0 Å². The summed E-state index contributed by atoms with van der Waals surface area (Å²) in [5, 5.41) is 2.87. The summed E-state index contributed by atoms with van der Waals surface area (Å²) in [6.45, 7) is 7.50. The zero-order valence-electron chi connectivity index (χ0n) is 12.4. The molecule has 1 amide bonds. The molecule has 0 bridgehead atoms. The van der Waals surface area contributed by atoms with Gasteiger partial charge in [0.1, 0.15) is 0 Å². The van der Waals surface area contributed by atoms with Crippen LogP contribution in [0, 0.1) is 0 Å². The summed E-state index contributed by atoms with van der Waals surface area (Å²) in [6, 6.07) is 5.24. The van der Waals surface area contributed by atoms with Gasteiger partial charge in [-0.05, 0) is 45.4 Å². The molecular weight excluding hydrogens is 254 g/mol. The lowest BCUT2D eigenvalue weighted by Crippen LogP contribution is -2.24. The van der Waals surface area contributed by atoms with Crippen molar-refractivity contribution in [2.45, 2.75) is 27.2 Å². The maximum atomic E-state index is 12.0. The monoisotopic (exact) mass is 277 g/mol. The average Bonchev–Trinajstić information content (AvgIpc) is 2.45. The first-order valence-corrected chi connectivity index (χ1v) is 7.01. The largest absolute Gasteiger partial charge is 0.490 e. The third kappa shape index (κ3) is 4.96. The maximum Gasteiger partial charge on any atom is 0.251 e. The minimum Gasteiger partial charge on any atom is -0.490 e. The smallest absolute Gasteiger partial charge is 0.251 e. The Morgan fingerprint density at radius 1 is 1.20 bits per heavy atom. The van der Waals surface area contributed by atoms with Crippen molar-refractivity contribution in [3.8, 4) is 11.5 Å². The predicted octanol–water partition coefficient (Wildman–Crippen LogP) is 3.18. The minimum absolute atomic E-state index is 0.0986. The first kappa shape index (κ1) is 16.1. The van der Waals surface area contributed by atoms with Crippen molar-refractivity contribution in [2.75, 3.05) is 19.8 Å². The van der Waals surface area contributed by atoms with Crippen LogP contribution in [0.1, 0.15) is 37.6 Å². The third-order valence-corrected chi connectivity index (χ3v) is 2.64. The van der Waals surface area contributed by atoms with Crippen LogP contribution in [0.5, 0.6) is 11.5 Å². The summed E-state index contributed by atoms with van der Waals surface area (Å²) in [6.07, 6.45) is 4.82. The van der Waals surface area contributed by atoms with Gasteiger partial charge in [0.15, 0.2) is 11.5 Å². The van der Waals surface area contributed by atoms with E-state index in [2.05, 4.69) is 5.32 Å². The summed E-state index contributed by atoms with van der Waals surface area (Å²) >= 11 is 0. The van der Waals surface area contributed by atoms with Crippen LogP contribution in [0.15, 0.2) is 30.4 Å². The quantitative estimate of drug-likeness (QED) is 0.586. The molecule has 0 saturated carbocycles. The number of hydrogen-bond donors (Lipinski definition) is 1. The second-order valence-electron chi connectivity index (χ2n) is 4.14. The molecule has 4 heteroatoms. The summed E-state index contributed by atoms with van der Waals surface area (Å²) in [5.74, 6) is 1.17. The van der Waals surface area contributed by atoms with Crippen molar-refractivity contribution >= 4 is 5.91 Å². The molecule has 1 aromatic carbocycles. The van der Waals surface area contributed by atoms with Crippen molar-refractivity contribution in [3.05, 3.63) is 35.9 Å². The van der Waals surface area contributed by atoms with Gasteiger partial charge in [-0.25, -0.2) is 0 Å². The van der Waals surface area contributed by atoms with Crippen LogP contribution < -0.4 is 14.8 Å². The van der Waals surface area contributed by atoms with Gasteiger partial charge in [0, 0.05) is 12.1 Å². The minimum atomic E-state index is -0.0986. The fourth-order valence-electron chi connectivity index (χ4n) is 1.73. The van der Waals surface area contributed by atoms with E-state index in [1.807, 2.05) is 32.9 Å². The van der Waals surface area contributed by atoms with Gasteiger partial charge in [0.05, 0.1) is 13.2 Å². The Morgan fingerprint density at radius 3 is 2.55 bits per heavy atom. The summed E-state index contributed by atoms with van der Waals surface area (Å²) < 4.78 is 11.0. The van der Waals surface area contributed by atoms with Gasteiger partial charge >= 0.3 is 0 Å². The molecule has 0 radical (unpaired) electrons. The van der Waals surface area contributed by atoms with Crippen molar-refractivity contribution in [1.29, 1.82) is 0 Å². The Balaban J connectivity index is 2.74. The zero-order chi connectivity index (χ0) is 14.8. The zero-order valence-corrected chi connectivity index (χ0v) is 12.4. The predicted molar refractivity (Wildman–Crippen MR) is 80.5 cm³/mol. The fraction of sp³-hybridized carbons (Fsp3) is 0.438. The normalized spacial score (nSPS) is 10.6. The molecule has 0 heterocycles. The molecule has 0 aliphatic heterocycles. The number of allylic oxidation sites excluding steroid dienone is 1.